The Morgan fingerprint density at radius 1 is 1.15 bits per heavy atom. The van der Waals surface area contributed by atoms with Crippen molar-refractivity contribution >= 4 is 11.9 Å². The van der Waals surface area contributed by atoms with E-state index in [0.29, 0.717) is 6.61 Å². The smallest absolute Gasteiger partial charge is 0.152 e. The van der Waals surface area contributed by atoms with Gasteiger partial charge in [0.05, 0.1) is 0 Å². The van der Waals surface area contributed by atoms with Gasteiger partial charge < -0.3 is 4.74 Å². The van der Waals surface area contributed by atoms with Crippen LogP contribution in [0.2, 0.25) is 0 Å². The van der Waals surface area contributed by atoms with E-state index in [1.54, 1.807) is 12.2 Å². The second-order valence-corrected chi connectivity index (χ2v) is 4.76. The maximum Gasteiger partial charge on any atom is 0.152 e. The molecule has 0 aliphatic heterocycles. The second-order valence-electron chi connectivity index (χ2n) is 4.76. The zero-order valence-electron chi connectivity index (χ0n) is 11.8. The van der Waals surface area contributed by atoms with Crippen LogP contribution in [0.3, 0.4) is 0 Å². The van der Waals surface area contributed by atoms with E-state index in [4.69, 9.17) is 4.74 Å². The van der Waals surface area contributed by atoms with Crippen LogP contribution in [-0.4, -0.2) is 5.78 Å². The molecule has 102 valence electrons. The lowest BCUT2D eigenvalue weighted by Gasteiger charge is -2.10. The van der Waals surface area contributed by atoms with Gasteiger partial charge in [-0.3, -0.25) is 4.79 Å². The van der Waals surface area contributed by atoms with E-state index in [-0.39, 0.29) is 5.78 Å². The van der Waals surface area contributed by atoms with Gasteiger partial charge in [0.15, 0.2) is 5.78 Å². The molecule has 0 saturated carbocycles. The van der Waals surface area contributed by atoms with Gasteiger partial charge in [0.2, 0.25) is 0 Å². The van der Waals surface area contributed by atoms with E-state index in [1.165, 1.54) is 6.92 Å². The third kappa shape index (κ3) is 4.09. The van der Waals surface area contributed by atoms with E-state index < -0.39 is 0 Å². The molecule has 0 spiro atoms. The number of rotatable bonds is 5. The van der Waals surface area contributed by atoms with Crippen molar-refractivity contribution in [1.29, 1.82) is 0 Å². The first-order chi connectivity index (χ1) is 9.65. The Morgan fingerprint density at radius 3 is 2.60 bits per heavy atom. The van der Waals surface area contributed by atoms with Crippen molar-refractivity contribution in [2.24, 2.45) is 0 Å². The Bertz CT molecular complexity index is 613. The van der Waals surface area contributed by atoms with Crippen LogP contribution in [0.1, 0.15) is 23.6 Å². The fourth-order valence-corrected chi connectivity index (χ4v) is 1.87. The summed E-state index contributed by atoms with van der Waals surface area (Å²) in [6, 6.07) is 16.0. The second kappa shape index (κ2) is 6.71. The zero-order chi connectivity index (χ0) is 14.4. The average molecular weight is 266 g/mol. The van der Waals surface area contributed by atoms with Gasteiger partial charge in [-0.05, 0) is 43.7 Å². The minimum absolute atomic E-state index is 0.0283. The molecular formula is C18H18O2. The fourth-order valence-electron chi connectivity index (χ4n) is 1.87. The SMILES string of the molecule is CC(=O)/C=C/c1cc(C)ccc1OCc1ccccc1. The van der Waals surface area contributed by atoms with Crippen molar-refractivity contribution in [3.63, 3.8) is 0 Å². The van der Waals surface area contributed by atoms with Crippen LogP contribution in [0, 0.1) is 6.92 Å². The van der Waals surface area contributed by atoms with E-state index in [9.17, 15) is 4.79 Å². The molecule has 0 N–H and O–H groups in total. The zero-order valence-corrected chi connectivity index (χ0v) is 11.8. The fraction of sp³-hybridized carbons (Fsp3) is 0.167. The standard InChI is InChI=1S/C18H18O2/c1-14-8-11-18(17(12-14)10-9-15(2)19)20-13-16-6-4-3-5-7-16/h3-12H,13H2,1-2H3/b10-9+. The number of aryl methyl sites for hydroxylation is 1. The van der Waals surface area contributed by atoms with Gasteiger partial charge in [-0.25, -0.2) is 0 Å². The molecule has 0 saturated heterocycles. The Hall–Kier alpha value is -2.35. The maximum absolute atomic E-state index is 11.1. The third-order valence-electron chi connectivity index (χ3n) is 2.90. The van der Waals surface area contributed by atoms with Crippen LogP contribution in [-0.2, 0) is 11.4 Å². The molecule has 0 heterocycles. The van der Waals surface area contributed by atoms with Gasteiger partial charge in [-0.1, -0.05) is 42.0 Å². The molecule has 0 atom stereocenters. The molecule has 0 bridgehead atoms. The molecule has 0 aromatic heterocycles. The molecule has 2 aromatic carbocycles. The summed E-state index contributed by atoms with van der Waals surface area (Å²) >= 11 is 0. The predicted molar refractivity (Wildman–Crippen MR) is 81.7 cm³/mol. The summed E-state index contributed by atoms with van der Waals surface area (Å²) in [5, 5.41) is 0. The van der Waals surface area contributed by atoms with Gasteiger partial charge in [0, 0.05) is 5.56 Å². The normalized spacial score (nSPS) is 10.7. The van der Waals surface area contributed by atoms with E-state index in [2.05, 4.69) is 0 Å². The number of hydrogen-bond acceptors (Lipinski definition) is 2. The molecule has 0 aliphatic rings. The Kier molecular flexibility index (Phi) is 4.72. The predicted octanol–water partition coefficient (Wildman–Crippen LogP) is 4.18. The quantitative estimate of drug-likeness (QED) is 0.759. The maximum atomic E-state index is 11.1. The molecule has 2 rings (SSSR count). The lowest BCUT2D eigenvalue weighted by atomic mass is 10.1. The first-order valence-corrected chi connectivity index (χ1v) is 6.61. The summed E-state index contributed by atoms with van der Waals surface area (Å²) in [5.41, 5.74) is 3.19. The number of carbonyl (C=O) groups excluding carboxylic acids is 1. The number of allylic oxidation sites excluding steroid dienone is 1. The first-order valence-electron chi connectivity index (χ1n) is 6.61. The average Bonchev–Trinajstić information content (AvgIpc) is 2.45. The van der Waals surface area contributed by atoms with Gasteiger partial charge in [-0.2, -0.15) is 0 Å². The highest BCUT2D eigenvalue weighted by Crippen LogP contribution is 2.22. The molecule has 0 aliphatic carbocycles. The minimum Gasteiger partial charge on any atom is -0.488 e. The molecule has 2 nitrogen and oxygen atoms in total. The van der Waals surface area contributed by atoms with Crippen LogP contribution in [0.5, 0.6) is 5.75 Å². The Balaban J connectivity index is 2.16. The number of ether oxygens (including phenoxy) is 1. The molecule has 0 amide bonds. The van der Waals surface area contributed by atoms with Crippen LogP contribution in [0.4, 0.5) is 0 Å². The molecule has 20 heavy (non-hydrogen) atoms. The molecule has 0 radical (unpaired) electrons. The summed E-state index contributed by atoms with van der Waals surface area (Å²) < 4.78 is 5.85. The Morgan fingerprint density at radius 2 is 1.90 bits per heavy atom. The van der Waals surface area contributed by atoms with Crippen molar-refractivity contribution in [1.82, 2.24) is 0 Å². The van der Waals surface area contributed by atoms with Crippen molar-refractivity contribution in [2.75, 3.05) is 0 Å². The highest BCUT2D eigenvalue weighted by Gasteiger charge is 2.02. The summed E-state index contributed by atoms with van der Waals surface area (Å²) in [6.07, 6.45) is 3.36. The number of ketones is 1. The van der Waals surface area contributed by atoms with Crippen molar-refractivity contribution < 1.29 is 9.53 Å². The topological polar surface area (TPSA) is 26.3 Å². The summed E-state index contributed by atoms with van der Waals surface area (Å²) in [4.78, 5) is 11.1. The lowest BCUT2D eigenvalue weighted by molar-refractivity contribution is -0.112. The molecular weight excluding hydrogens is 248 g/mol. The van der Waals surface area contributed by atoms with Crippen LogP contribution >= 0.6 is 0 Å². The summed E-state index contributed by atoms with van der Waals surface area (Å²) in [6.45, 7) is 4.08. The third-order valence-corrected chi connectivity index (χ3v) is 2.90. The van der Waals surface area contributed by atoms with Crippen LogP contribution in [0.25, 0.3) is 6.08 Å². The molecule has 2 aromatic rings. The van der Waals surface area contributed by atoms with E-state index in [0.717, 1.165) is 22.4 Å². The largest absolute Gasteiger partial charge is 0.488 e. The van der Waals surface area contributed by atoms with Crippen molar-refractivity contribution in [3.8, 4) is 5.75 Å². The van der Waals surface area contributed by atoms with Crippen molar-refractivity contribution in [2.45, 2.75) is 20.5 Å². The summed E-state index contributed by atoms with van der Waals surface area (Å²) in [7, 11) is 0. The monoisotopic (exact) mass is 266 g/mol. The van der Waals surface area contributed by atoms with Gasteiger partial charge in [-0.15, -0.1) is 0 Å². The highest BCUT2D eigenvalue weighted by atomic mass is 16.5. The number of benzene rings is 2. The molecule has 0 unspecified atom stereocenters. The molecule has 0 fully saturated rings. The Labute approximate surface area is 119 Å². The van der Waals surface area contributed by atoms with Crippen LogP contribution in [0.15, 0.2) is 54.6 Å². The lowest BCUT2D eigenvalue weighted by Crippen LogP contribution is -1.97. The van der Waals surface area contributed by atoms with Gasteiger partial charge >= 0.3 is 0 Å². The molecule has 2 heteroatoms. The van der Waals surface area contributed by atoms with E-state index in [1.807, 2.05) is 55.5 Å². The summed E-state index contributed by atoms with van der Waals surface area (Å²) in [5.74, 6) is 0.817. The number of carbonyl (C=O) groups is 1. The van der Waals surface area contributed by atoms with Crippen molar-refractivity contribution in [3.05, 3.63) is 71.3 Å². The van der Waals surface area contributed by atoms with Gasteiger partial charge in [0.25, 0.3) is 0 Å². The highest BCUT2D eigenvalue weighted by molar-refractivity contribution is 5.91. The minimum atomic E-state index is 0.0283. The van der Waals surface area contributed by atoms with Gasteiger partial charge in [0.1, 0.15) is 12.4 Å². The number of hydrogen-bond donors (Lipinski definition) is 0. The van der Waals surface area contributed by atoms with E-state index >= 15 is 0 Å². The first kappa shape index (κ1) is 14.1. The van der Waals surface area contributed by atoms with Crippen LogP contribution < -0.4 is 4.74 Å².